The predicted octanol–water partition coefficient (Wildman–Crippen LogP) is 3.53. The summed E-state index contributed by atoms with van der Waals surface area (Å²) in [6, 6.07) is 0.788. The van der Waals surface area contributed by atoms with E-state index in [2.05, 4.69) is 41.6 Å². The zero-order valence-electron chi connectivity index (χ0n) is 9.80. The Kier molecular flexibility index (Phi) is 5.47. The summed E-state index contributed by atoms with van der Waals surface area (Å²) in [7, 11) is 0. The van der Waals surface area contributed by atoms with Crippen molar-refractivity contribution in [3.8, 4) is 0 Å². The van der Waals surface area contributed by atoms with Crippen molar-refractivity contribution in [2.24, 2.45) is 11.8 Å². The second-order valence-electron chi connectivity index (χ2n) is 4.67. The molecular weight excluding hydrogens is 238 g/mol. The molecule has 1 aliphatic rings. The van der Waals surface area contributed by atoms with Crippen LogP contribution in [0.2, 0.25) is 0 Å². The lowest BCUT2D eigenvalue weighted by molar-refractivity contribution is 0.208. The molecule has 2 atom stereocenters. The van der Waals surface area contributed by atoms with Gasteiger partial charge in [0.25, 0.3) is 0 Å². The second-order valence-corrected chi connectivity index (χ2v) is 5.31. The van der Waals surface area contributed by atoms with Crippen LogP contribution < -0.4 is 0 Å². The predicted molar refractivity (Wildman–Crippen MR) is 67.0 cm³/mol. The summed E-state index contributed by atoms with van der Waals surface area (Å²) in [5.41, 5.74) is 0. The van der Waals surface area contributed by atoms with Gasteiger partial charge in [0.05, 0.1) is 0 Å². The Morgan fingerprint density at radius 2 is 2.00 bits per heavy atom. The highest BCUT2D eigenvalue weighted by molar-refractivity contribution is 9.09. The van der Waals surface area contributed by atoms with Crippen LogP contribution in [0.5, 0.6) is 0 Å². The van der Waals surface area contributed by atoms with Crippen LogP contribution in [0.25, 0.3) is 0 Å². The fraction of sp³-hybridized carbons (Fsp3) is 1.00. The van der Waals surface area contributed by atoms with Gasteiger partial charge >= 0.3 is 0 Å². The highest BCUT2D eigenvalue weighted by Crippen LogP contribution is 2.27. The third kappa shape index (κ3) is 2.96. The first kappa shape index (κ1) is 12.5. The van der Waals surface area contributed by atoms with E-state index in [0.29, 0.717) is 0 Å². The van der Waals surface area contributed by atoms with Crippen LogP contribution in [0.3, 0.4) is 0 Å². The van der Waals surface area contributed by atoms with Crippen LogP contribution in [0.15, 0.2) is 0 Å². The van der Waals surface area contributed by atoms with Crippen molar-refractivity contribution in [3.05, 3.63) is 0 Å². The summed E-state index contributed by atoms with van der Waals surface area (Å²) in [5, 5.41) is 1.15. The molecule has 0 amide bonds. The standard InChI is InChI=1S/C12H24BrN/c1-4-11(5-2)9-14-7-6-10(3)12(14)8-13/h10-12H,4-9H2,1-3H3. The minimum Gasteiger partial charge on any atom is -0.299 e. The molecule has 0 aliphatic carbocycles. The van der Waals surface area contributed by atoms with Crippen molar-refractivity contribution in [2.75, 3.05) is 18.4 Å². The molecule has 1 saturated heterocycles. The summed E-state index contributed by atoms with van der Waals surface area (Å²) >= 11 is 3.65. The highest BCUT2D eigenvalue weighted by Gasteiger charge is 2.30. The molecule has 1 aliphatic heterocycles. The topological polar surface area (TPSA) is 3.24 Å². The smallest absolute Gasteiger partial charge is 0.0218 e. The number of hydrogen-bond acceptors (Lipinski definition) is 1. The summed E-state index contributed by atoms with van der Waals surface area (Å²) in [5.74, 6) is 1.78. The van der Waals surface area contributed by atoms with Gasteiger partial charge in [0.2, 0.25) is 0 Å². The number of nitrogens with zero attached hydrogens (tertiary/aromatic N) is 1. The van der Waals surface area contributed by atoms with Crippen molar-refractivity contribution in [1.82, 2.24) is 4.90 Å². The number of rotatable bonds is 5. The average molecular weight is 262 g/mol. The van der Waals surface area contributed by atoms with Gasteiger partial charge in [-0.2, -0.15) is 0 Å². The Morgan fingerprint density at radius 3 is 2.50 bits per heavy atom. The SMILES string of the molecule is CCC(CC)CN1CCC(C)C1CBr. The first-order valence-corrected chi connectivity index (χ1v) is 7.15. The maximum absolute atomic E-state index is 3.65. The van der Waals surface area contributed by atoms with Crippen LogP contribution >= 0.6 is 15.9 Å². The van der Waals surface area contributed by atoms with Gasteiger partial charge in [-0.25, -0.2) is 0 Å². The highest BCUT2D eigenvalue weighted by atomic mass is 79.9. The van der Waals surface area contributed by atoms with E-state index < -0.39 is 0 Å². The summed E-state index contributed by atoms with van der Waals surface area (Å²) < 4.78 is 0. The Morgan fingerprint density at radius 1 is 1.36 bits per heavy atom. The van der Waals surface area contributed by atoms with E-state index in [0.717, 1.165) is 23.2 Å². The third-order valence-corrected chi connectivity index (χ3v) is 4.47. The molecule has 0 N–H and O–H groups in total. The maximum atomic E-state index is 3.65. The molecule has 0 saturated carbocycles. The lowest BCUT2D eigenvalue weighted by Crippen LogP contribution is -2.36. The molecule has 0 aromatic rings. The molecule has 0 aromatic carbocycles. The van der Waals surface area contributed by atoms with Gasteiger partial charge in [0, 0.05) is 17.9 Å². The van der Waals surface area contributed by atoms with Crippen molar-refractivity contribution < 1.29 is 0 Å². The molecule has 84 valence electrons. The quantitative estimate of drug-likeness (QED) is 0.685. The lowest BCUT2D eigenvalue weighted by Gasteiger charge is -2.28. The molecule has 0 spiro atoms. The van der Waals surface area contributed by atoms with Crippen LogP contribution in [0, 0.1) is 11.8 Å². The van der Waals surface area contributed by atoms with E-state index in [9.17, 15) is 0 Å². The van der Waals surface area contributed by atoms with Crippen LogP contribution in [0.4, 0.5) is 0 Å². The average Bonchev–Trinajstić information content (AvgIpc) is 2.55. The molecule has 1 rings (SSSR count). The molecule has 1 heterocycles. The van der Waals surface area contributed by atoms with Gasteiger partial charge in [-0.1, -0.05) is 49.5 Å². The minimum absolute atomic E-state index is 0.788. The molecule has 14 heavy (non-hydrogen) atoms. The molecule has 0 aromatic heterocycles. The van der Waals surface area contributed by atoms with Crippen LogP contribution in [-0.2, 0) is 0 Å². The van der Waals surface area contributed by atoms with Gasteiger partial charge in [-0.05, 0) is 24.8 Å². The molecule has 2 heteroatoms. The van der Waals surface area contributed by atoms with Gasteiger partial charge in [0.1, 0.15) is 0 Å². The zero-order valence-corrected chi connectivity index (χ0v) is 11.4. The number of halogens is 1. The Labute approximate surface area is 97.4 Å². The largest absolute Gasteiger partial charge is 0.299 e. The monoisotopic (exact) mass is 261 g/mol. The van der Waals surface area contributed by atoms with E-state index in [1.54, 1.807) is 0 Å². The molecule has 2 unspecified atom stereocenters. The van der Waals surface area contributed by atoms with Gasteiger partial charge in [0.15, 0.2) is 0 Å². The van der Waals surface area contributed by atoms with E-state index in [4.69, 9.17) is 0 Å². The Balaban J connectivity index is 2.43. The van der Waals surface area contributed by atoms with Crippen molar-refractivity contribution in [2.45, 2.75) is 46.1 Å². The van der Waals surface area contributed by atoms with Gasteiger partial charge in [-0.3, -0.25) is 4.90 Å². The third-order valence-electron chi connectivity index (χ3n) is 3.80. The maximum Gasteiger partial charge on any atom is 0.0218 e. The number of hydrogen-bond donors (Lipinski definition) is 0. The first-order chi connectivity index (χ1) is 6.72. The van der Waals surface area contributed by atoms with E-state index in [1.165, 1.54) is 32.4 Å². The first-order valence-electron chi connectivity index (χ1n) is 6.02. The number of likely N-dealkylation sites (tertiary alicyclic amines) is 1. The second kappa shape index (κ2) is 6.12. The molecule has 0 bridgehead atoms. The molecule has 1 fully saturated rings. The van der Waals surface area contributed by atoms with Gasteiger partial charge < -0.3 is 0 Å². The van der Waals surface area contributed by atoms with Gasteiger partial charge in [-0.15, -0.1) is 0 Å². The van der Waals surface area contributed by atoms with Crippen molar-refractivity contribution in [3.63, 3.8) is 0 Å². The fourth-order valence-corrected chi connectivity index (χ4v) is 3.49. The van der Waals surface area contributed by atoms with E-state index in [-0.39, 0.29) is 0 Å². The minimum atomic E-state index is 0.788. The van der Waals surface area contributed by atoms with Crippen LogP contribution in [0.1, 0.15) is 40.0 Å². The van der Waals surface area contributed by atoms with Crippen molar-refractivity contribution >= 4 is 15.9 Å². The van der Waals surface area contributed by atoms with Crippen molar-refractivity contribution in [1.29, 1.82) is 0 Å². The Hall–Kier alpha value is 0.440. The summed E-state index contributed by atoms with van der Waals surface area (Å²) in [4.78, 5) is 2.69. The lowest BCUT2D eigenvalue weighted by atomic mass is 10.0. The molecule has 0 radical (unpaired) electrons. The Bertz CT molecular complexity index is 156. The summed E-state index contributed by atoms with van der Waals surface area (Å²) in [6.45, 7) is 9.65. The zero-order chi connectivity index (χ0) is 10.6. The van der Waals surface area contributed by atoms with E-state index in [1.807, 2.05) is 0 Å². The molecule has 1 nitrogen and oxygen atoms in total. The number of alkyl halides is 1. The van der Waals surface area contributed by atoms with Crippen LogP contribution in [-0.4, -0.2) is 29.4 Å². The van der Waals surface area contributed by atoms with E-state index >= 15 is 0 Å². The normalized spacial score (nSPS) is 28.9. The fourth-order valence-electron chi connectivity index (χ4n) is 2.44. The summed E-state index contributed by atoms with van der Waals surface area (Å²) in [6.07, 6.45) is 4.04. The molecular formula is C12H24BrN.